The first-order valence-electron chi connectivity index (χ1n) is 11.6. The van der Waals surface area contributed by atoms with Gasteiger partial charge in [-0.3, -0.25) is 0 Å². The van der Waals surface area contributed by atoms with E-state index >= 15 is 0 Å². The fourth-order valence-electron chi connectivity index (χ4n) is 4.97. The van der Waals surface area contributed by atoms with Crippen molar-refractivity contribution in [2.75, 3.05) is 0 Å². The van der Waals surface area contributed by atoms with Crippen LogP contribution >= 0.6 is 0 Å². The van der Waals surface area contributed by atoms with Crippen molar-refractivity contribution in [3.63, 3.8) is 0 Å². The van der Waals surface area contributed by atoms with Gasteiger partial charge in [0.15, 0.2) is 0 Å². The second-order valence-corrected chi connectivity index (χ2v) is 8.69. The van der Waals surface area contributed by atoms with Gasteiger partial charge in [0.1, 0.15) is 6.61 Å². The van der Waals surface area contributed by atoms with E-state index in [1.165, 1.54) is 24.0 Å². The van der Waals surface area contributed by atoms with Crippen LogP contribution in [0.5, 0.6) is 5.88 Å². The van der Waals surface area contributed by atoms with Crippen LogP contribution in [-0.2, 0) is 13.0 Å². The van der Waals surface area contributed by atoms with Gasteiger partial charge in [0.2, 0.25) is 5.88 Å². The lowest BCUT2D eigenvalue weighted by molar-refractivity contribution is 0.294. The van der Waals surface area contributed by atoms with Gasteiger partial charge >= 0.3 is 0 Å². The van der Waals surface area contributed by atoms with Gasteiger partial charge in [-0.25, -0.2) is 9.97 Å². The average molecular weight is 435 g/mol. The molecule has 0 fully saturated rings. The molecule has 0 saturated heterocycles. The maximum Gasteiger partial charge on any atom is 0.214 e. The standard InChI is InChI=1S/C28H26N4O/c1-2-8-20(9-3-1)18-33-28-14-23-24(15-30-25(23)16-31-28)27-17-29-19-32(27)26-13-7-5-11-21-10-4-6-12-22(21)26/h1-4,6,8-10,12,14-17,19,26,30H,5,7,11,13,18H2. The quantitative estimate of drug-likeness (QED) is 0.329. The molecule has 1 aliphatic carbocycles. The lowest BCUT2D eigenvalue weighted by Gasteiger charge is -2.21. The van der Waals surface area contributed by atoms with Gasteiger partial charge in [-0.1, -0.05) is 61.0 Å². The summed E-state index contributed by atoms with van der Waals surface area (Å²) in [5.74, 6) is 0.623. The maximum absolute atomic E-state index is 6.00. The summed E-state index contributed by atoms with van der Waals surface area (Å²) < 4.78 is 8.35. The molecule has 3 heterocycles. The first-order valence-corrected chi connectivity index (χ1v) is 11.6. The summed E-state index contributed by atoms with van der Waals surface area (Å²) in [6.45, 7) is 0.496. The highest BCUT2D eigenvalue weighted by molar-refractivity contribution is 5.94. The number of rotatable bonds is 5. The van der Waals surface area contributed by atoms with Gasteiger partial charge in [-0.05, 0) is 36.0 Å². The first kappa shape index (κ1) is 19.8. The number of benzene rings is 2. The van der Waals surface area contributed by atoms with Gasteiger partial charge in [0, 0.05) is 23.2 Å². The Morgan fingerprint density at radius 2 is 1.88 bits per heavy atom. The van der Waals surface area contributed by atoms with Crippen LogP contribution in [0.25, 0.3) is 22.2 Å². The van der Waals surface area contributed by atoms with Crippen LogP contribution in [0.4, 0.5) is 0 Å². The molecule has 3 aromatic heterocycles. The van der Waals surface area contributed by atoms with E-state index in [2.05, 4.69) is 62.1 Å². The minimum atomic E-state index is 0.293. The van der Waals surface area contributed by atoms with Crippen LogP contribution in [0, 0.1) is 0 Å². The average Bonchev–Trinajstić information content (AvgIpc) is 3.45. The number of H-pyrrole nitrogens is 1. The molecular weight excluding hydrogens is 408 g/mol. The minimum Gasteiger partial charge on any atom is -0.473 e. The number of nitrogens with zero attached hydrogens (tertiary/aromatic N) is 3. The molecule has 1 unspecified atom stereocenters. The summed E-state index contributed by atoms with van der Waals surface area (Å²) >= 11 is 0. The molecule has 0 aliphatic heterocycles. The van der Waals surface area contributed by atoms with E-state index in [9.17, 15) is 0 Å². The van der Waals surface area contributed by atoms with Crippen LogP contribution in [-0.4, -0.2) is 19.5 Å². The number of imidazole rings is 1. The van der Waals surface area contributed by atoms with Crippen LogP contribution in [0.2, 0.25) is 0 Å². The van der Waals surface area contributed by atoms with E-state index in [-0.39, 0.29) is 0 Å². The van der Waals surface area contributed by atoms with E-state index in [0.717, 1.165) is 40.6 Å². The number of aryl methyl sites for hydroxylation is 1. The third-order valence-electron chi connectivity index (χ3n) is 6.64. The zero-order chi connectivity index (χ0) is 22.0. The summed E-state index contributed by atoms with van der Waals surface area (Å²) in [5.41, 5.74) is 7.23. The van der Waals surface area contributed by atoms with Crippen molar-refractivity contribution in [2.24, 2.45) is 0 Å². The Morgan fingerprint density at radius 3 is 2.82 bits per heavy atom. The molecule has 164 valence electrons. The Morgan fingerprint density at radius 1 is 1.00 bits per heavy atom. The summed E-state index contributed by atoms with van der Waals surface area (Å²) in [5, 5.41) is 1.09. The highest BCUT2D eigenvalue weighted by Gasteiger charge is 2.23. The molecule has 0 radical (unpaired) electrons. The van der Waals surface area contributed by atoms with Gasteiger partial charge < -0.3 is 14.3 Å². The topological polar surface area (TPSA) is 55.7 Å². The van der Waals surface area contributed by atoms with E-state index in [1.54, 1.807) is 0 Å². The number of fused-ring (bicyclic) bond motifs is 2. The van der Waals surface area contributed by atoms with Crippen LogP contribution < -0.4 is 4.74 Å². The molecule has 0 saturated carbocycles. The molecule has 5 aromatic rings. The van der Waals surface area contributed by atoms with Crippen LogP contribution in [0.1, 0.15) is 42.0 Å². The lowest BCUT2D eigenvalue weighted by atomic mass is 9.98. The monoisotopic (exact) mass is 434 g/mol. The maximum atomic E-state index is 6.00. The Labute approximate surface area is 193 Å². The van der Waals surface area contributed by atoms with E-state index in [0.29, 0.717) is 18.5 Å². The first-order chi connectivity index (χ1) is 16.4. The Kier molecular flexibility index (Phi) is 5.15. The molecule has 1 atom stereocenters. The van der Waals surface area contributed by atoms with Crippen molar-refractivity contribution in [3.05, 3.63) is 102 Å². The number of hydrogen-bond donors (Lipinski definition) is 1. The molecule has 1 aliphatic rings. The molecule has 1 N–H and O–H groups in total. The Balaban J connectivity index is 1.36. The fraction of sp³-hybridized carbons (Fsp3) is 0.214. The fourth-order valence-corrected chi connectivity index (χ4v) is 4.97. The van der Waals surface area contributed by atoms with Crippen LogP contribution in [0.15, 0.2) is 85.6 Å². The number of nitrogens with one attached hydrogen (secondary N) is 1. The molecular formula is C28H26N4O. The SMILES string of the molecule is c1ccc(COc2cc3c(-c4cncn4C4CCCCc5ccccc54)c[nH]c3cn2)cc1. The van der Waals surface area contributed by atoms with Crippen molar-refractivity contribution >= 4 is 10.9 Å². The smallest absolute Gasteiger partial charge is 0.214 e. The Hall–Kier alpha value is -3.86. The number of aromatic amines is 1. The van der Waals surface area contributed by atoms with Crippen LogP contribution in [0.3, 0.4) is 0 Å². The molecule has 0 spiro atoms. The third-order valence-corrected chi connectivity index (χ3v) is 6.64. The highest BCUT2D eigenvalue weighted by atomic mass is 16.5. The third kappa shape index (κ3) is 3.80. The summed E-state index contributed by atoms with van der Waals surface area (Å²) in [6.07, 6.45) is 12.6. The Bertz CT molecular complexity index is 1390. The second kappa shape index (κ2) is 8.58. The van der Waals surface area contributed by atoms with Crippen molar-refractivity contribution < 1.29 is 4.74 Å². The zero-order valence-corrected chi connectivity index (χ0v) is 18.4. The predicted molar refractivity (Wildman–Crippen MR) is 130 cm³/mol. The molecule has 6 rings (SSSR count). The second-order valence-electron chi connectivity index (χ2n) is 8.69. The predicted octanol–water partition coefficient (Wildman–Crippen LogP) is 6.32. The number of pyridine rings is 1. The van der Waals surface area contributed by atoms with E-state index in [1.807, 2.05) is 43.0 Å². The summed E-state index contributed by atoms with van der Waals surface area (Å²) in [6, 6.07) is 21.4. The normalized spacial score (nSPS) is 15.8. The van der Waals surface area contributed by atoms with Crippen molar-refractivity contribution in [1.29, 1.82) is 0 Å². The highest BCUT2D eigenvalue weighted by Crippen LogP contribution is 2.37. The van der Waals surface area contributed by atoms with Crippen molar-refractivity contribution in [2.45, 2.75) is 38.3 Å². The molecule has 0 bridgehead atoms. The minimum absolute atomic E-state index is 0.293. The van der Waals surface area contributed by atoms with Gasteiger partial charge in [-0.2, -0.15) is 0 Å². The van der Waals surface area contributed by atoms with Gasteiger partial charge in [0.05, 0.1) is 36.0 Å². The van der Waals surface area contributed by atoms with Gasteiger partial charge in [0.25, 0.3) is 0 Å². The van der Waals surface area contributed by atoms with Gasteiger partial charge in [-0.15, -0.1) is 0 Å². The number of aromatic nitrogens is 4. The van der Waals surface area contributed by atoms with Crippen molar-refractivity contribution in [1.82, 2.24) is 19.5 Å². The van der Waals surface area contributed by atoms with Crippen molar-refractivity contribution in [3.8, 4) is 17.1 Å². The number of hydrogen-bond acceptors (Lipinski definition) is 3. The van der Waals surface area contributed by atoms with E-state index < -0.39 is 0 Å². The summed E-state index contributed by atoms with van der Waals surface area (Å²) in [4.78, 5) is 12.4. The molecule has 0 amide bonds. The zero-order valence-electron chi connectivity index (χ0n) is 18.4. The largest absolute Gasteiger partial charge is 0.473 e. The summed E-state index contributed by atoms with van der Waals surface area (Å²) in [7, 11) is 0. The van der Waals surface area contributed by atoms with E-state index in [4.69, 9.17) is 4.74 Å². The molecule has 5 heteroatoms. The molecule has 2 aromatic carbocycles. The number of ether oxygens (including phenoxy) is 1. The lowest BCUT2D eigenvalue weighted by Crippen LogP contribution is -2.11. The molecule has 5 nitrogen and oxygen atoms in total. The molecule has 33 heavy (non-hydrogen) atoms.